The SMILES string of the molecule is CNc1nc(-c2cccs2)c(C(C)NC)s1. The molecule has 5 heteroatoms. The molecular formula is C11H15N3S2. The highest BCUT2D eigenvalue weighted by atomic mass is 32.1. The van der Waals surface area contributed by atoms with Gasteiger partial charge in [-0.25, -0.2) is 4.98 Å². The van der Waals surface area contributed by atoms with E-state index in [4.69, 9.17) is 0 Å². The van der Waals surface area contributed by atoms with E-state index >= 15 is 0 Å². The number of thiophene rings is 1. The molecule has 0 aliphatic rings. The zero-order valence-corrected chi connectivity index (χ0v) is 11.2. The Hall–Kier alpha value is -0.910. The highest BCUT2D eigenvalue weighted by molar-refractivity contribution is 7.17. The number of hydrogen-bond acceptors (Lipinski definition) is 5. The lowest BCUT2D eigenvalue weighted by atomic mass is 10.2. The number of rotatable bonds is 4. The van der Waals surface area contributed by atoms with Gasteiger partial charge in [-0.05, 0) is 25.4 Å². The summed E-state index contributed by atoms with van der Waals surface area (Å²) in [4.78, 5) is 7.14. The third-order valence-electron chi connectivity index (χ3n) is 2.45. The Bertz CT molecular complexity index is 448. The van der Waals surface area contributed by atoms with Crippen LogP contribution in [0.4, 0.5) is 5.13 Å². The standard InChI is InChI=1S/C11H15N3S2/c1-7(12-2)10-9(8-5-4-6-15-8)14-11(13-3)16-10/h4-7,12H,1-3H3,(H,13,14). The summed E-state index contributed by atoms with van der Waals surface area (Å²) in [6.07, 6.45) is 0. The minimum atomic E-state index is 0.330. The van der Waals surface area contributed by atoms with E-state index in [0.717, 1.165) is 10.8 Å². The zero-order valence-electron chi connectivity index (χ0n) is 9.57. The normalized spacial score (nSPS) is 12.7. The molecule has 0 fully saturated rings. The maximum atomic E-state index is 4.62. The molecule has 0 amide bonds. The third kappa shape index (κ3) is 2.11. The molecule has 0 radical (unpaired) electrons. The van der Waals surface area contributed by atoms with Crippen LogP contribution < -0.4 is 10.6 Å². The maximum Gasteiger partial charge on any atom is 0.183 e. The molecule has 2 heterocycles. The van der Waals surface area contributed by atoms with Gasteiger partial charge in [-0.3, -0.25) is 0 Å². The zero-order chi connectivity index (χ0) is 11.5. The smallest absolute Gasteiger partial charge is 0.183 e. The summed E-state index contributed by atoms with van der Waals surface area (Å²) in [6, 6.07) is 4.51. The van der Waals surface area contributed by atoms with E-state index in [9.17, 15) is 0 Å². The quantitative estimate of drug-likeness (QED) is 0.878. The molecule has 86 valence electrons. The minimum absolute atomic E-state index is 0.330. The van der Waals surface area contributed by atoms with Gasteiger partial charge in [-0.15, -0.1) is 11.3 Å². The summed E-state index contributed by atoms with van der Waals surface area (Å²) >= 11 is 3.44. The average Bonchev–Trinajstić information content (AvgIpc) is 2.95. The van der Waals surface area contributed by atoms with Crippen LogP contribution in [0.25, 0.3) is 10.6 Å². The summed E-state index contributed by atoms with van der Waals surface area (Å²) in [6.45, 7) is 2.16. The van der Waals surface area contributed by atoms with Gasteiger partial charge in [-0.2, -0.15) is 0 Å². The third-order valence-corrected chi connectivity index (χ3v) is 4.58. The van der Waals surface area contributed by atoms with E-state index in [0.29, 0.717) is 6.04 Å². The van der Waals surface area contributed by atoms with E-state index in [-0.39, 0.29) is 0 Å². The Morgan fingerprint density at radius 2 is 2.19 bits per heavy atom. The number of aromatic nitrogens is 1. The molecule has 2 aromatic heterocycles. The van der Waals surface area contributed by atoms with E-state index in [1.54, 1.807) is 22.7 Å². The van der Waals surface area contributed by atoms with Crippen LogP contribution in [0.3, 0.4) is 0 Å². The molecule has 16 heavy (non-hydrogen) atoms. The van der Waals surface area contributed by atoms with Gasteiger partial charge in [0.15, 0.2) is 5.13 Å². The molecule has 1 unspecified atom stereocenters. The van der Waals surface area contributed by atoms with E-state index in [1.165, 1.54) is 9.75 Å². The van der Waals surface area contributed by atoms with Crippen molar-refractivity contribution in [2.24, 2.45) is 0 Å². The van der Waals surface area contributed by atoms with Gasteiger partial charge in [0, 0.05) is 13.1 Å². The van der Waals surface area contributed by atoms with Crippen molar-refractivity contribution in [1.29, 1.82) is 0 Å². The molecule has 0 spiro atoms. The molecule has 0 aliphatic carbocycles. The first-order valence-electron chi connectivity index (χ1n) is 5.16. The summed E-state index contributed by atoms with van der Waals surface area (Å²) in [5.41, 5.74) is 1.10. The first-order valence-corrected chi connectivity index (χ1v) is 6.85. The Labute approximate surface area is 104 Å². The first kappa shape index (κ1) is 11.6. The van der Waals surface area contributed by atoms with Crippen LogP contribution >= 0.6 is 22.7 Å². The molecule has 0 saturated carbocycles. The predicted molar refractivity (Wildman–Crippen MR) is 72.4 cm³/mol. The molecule has 2 aromatic rings. The van der Waals surface area contributed by atoms with Crippen molar-refractivity contribution in [3.8, 4) is 10.6 Å². The van der Waals surface area contributed by atoms with E-state index in [1.807, 2.05) is 14.1 Å². The van der Waals surface area contributed by atoms with Crippen LogP contribution in [0.15, 0.2) is 17.5 Å². The van der Waals surface area contributed by atoms with Crippen LogP contribution in [0, 0.1) is 0 Å². The predicted octanol–water partition coefficient (Wildman–Crippen LogP) is 3.19. The van der Waals surface area contributed by atoms with E-state index in [2.05, 4.69) is 40.1 Å². The number of anilines is 1. The number of hydrogen-bond donors (Lipinski definition) is 2. The lowest BCUT2D eigenvalue weighted by Gasteiger charge is -2.08. The van der Waals surface area contributed by atoms with Gasteiger partial charge in [0.1, 0.15) is 0 Å². The molecule has 0 aliphatic heterocycles. The van der Waals surface area contributed by atoms with Crippen molar-refractivity contribution in [3.63, 3.8) is 0 Å². The highest BCUT2D eigenvalue weighted by Crippen LogP contribution is 2.36. The summed E-state index contributed by atoms with van der Waals surface area (Å²) < 4.78 is 0. The fraction of sp³-hybridized carbons (Fsp3) is 0.364. The summed E-state index contributed by atoms with van der Waals surface area (Å²) in [7, 11) is 3.88. The Morgan fingerprint density at radius 1 is 1.38 bits per heavy atom. The van der Waals surface area contributed by atoms with Crippen LogP contribution in [0.2, 0.25) is 0 Å². The molecule has 3 nitrogen and oxygen atoms in total. The van der Waals surface area contributed by atoms with E-state index < -0.39 is 0 Å². The second-order valence-corrected chi connectivity index (χ2v) is 5.45. The second-order valence-electron chi connectivity index (χ2n) is 3.47. The van der Waals surface area contributed by atoms with Crippen molar-refractivity contribution >= 4 is 27.8 Å². The number of nitrogens with zero attached hydrogens (tertiary/aromatic N) is 1. The molecule has 2 rings (SSSR count). The van der Waals surface area contributed by atoms with Gasteiger partial charge in [0.25, 0.3) is 0 Å². The highest BCUT2D eigenvalue weighted by Gasteiger charge is 2.17. The molecular weight excluding hydrogens is 238 g/mol. The van der Waals surface area contributed by atoms with Crippen LogP contribution in [-0.2, 0) is 0 Å². The molecule has 0 bridgehead atoms. The molecule has 0 aromatic carbocycles. The molecule has 2 N–H and O–H groups in total. The molecule has 1 atom stereocenters. The fourth-order valence-electron chi connectivity index (χ4n) is 1.45. The average molecular weight is 253 g/mol. The fourth-order valence-corrected chi connectivity index (χ4v) is 3.24. The first-order chi connectivity index (χ1) is 7.76. The summed E-state index contributed by atoms with van der Waals surface area (Å²) in [5, 5.41) is 9.44. The van der Waals surface area contributed by atoms with Gasteiger partial charge < -0.3 is 10.6 Å². The van der Waals surface area contributed by atoms with Crippen molar-refractivity contribution in [2.45, 2.75) is 13.0 Å². The topological polar surface area (TPSA) is 37.0 Å². The molecule has 0 saturated heterocycles. The van der Waals surface area contributed by atoms with Gasteiger partial charge in [0.05, 0.1) is 15.4 Å². The van der Waals surface area contributed by atoms with Crippen molar-refractivity contribution < 1.29 is 0 Å². The number of nitrogens with one attached hydrogen (secondary N) is 2. The Balaban J connectivity index is 2.46. The summed E-state index contributed by atoms with van der Waals surface area (Å²) in [5.74, 6) is 0. The van der Waals surface area contributed by atoms with Gasteiger partial charge in [0.2, 0.25) is 0 Å². The van der Waals surface area contributed by atoms with Gasteiger partial charge in [-0.1, -0.05) is 17.4 Å². The van der Waals surface area contributed by atoms with Crippen molar-refractivity contribution in [3.05, 3.63) is 22.4 Å². The van der Waals surface area contributed by atoms with Crippen LogP contribution in [0.5, 0.6) is 0 Å². The van der Waals surface area contributed by atoms with Crippen molar-refractivity contribution in [1.82, 2.24) is 10.3 Å². The number of thiazole rings is 1. The second kappa shape index (κ2) is 4.95. The van der Waals surface area contributed by atoms with Gasteiger partial charge >= 0.3 is 0 Å². The lowest BCUT2D eigenvalue weighted by molar-refractivity contribution is 0.664. The Morgan fingerprint density at radius 3 is 2.75 bits per heavy atom. The Kier molecular flexibility index (Phi) is 3.58. The van der Waals surface area contributed by atoms with Crippen LogP contribution in [-0.4, -0.2) is 19.1 Å². The minimum Gasteiger partial charge on any atom is -0.365 e. The lowest BCUT2D eigenvalue weighted by Crippen LogP contribution is -2.11. The largest absolute Gasteiger partial charge is 0.365 e. The monoisotopic (exact) mass is 253 g/mol. The van der Waals surface area contributed by atoms with Crippen molar-refractivity contribution in [2.75, 3.05) is 19.4 Å². The maximum absolute atomic E-state index is 4.62. The van der Waals surface area contributed by atoms with Crippen LogP contribution in [0.1, 0.15) is 17.8 Å².